The molecule has 4 atom stereocenters. The van der Waals surface area contributed by atoms with Crippen LogP contribution in [0.5, 0.6) is 0 Å². The van der Waals surface area contributed by atoms with Gasteiger partial charge in [0.25, 0.3) is 5.56 Å². The van der Waals surface area contributed by atoms with Gasteiger partial charge in [0.05, 0.1) is 12.3 Å². The van der Waals surface area contributed by atoms with Gasteiger partial charge in [-0.15, -0.1) is 0 Å². The Bertz CT molecular complexity index is 855. The summed E-state index contributed by atoms with van der Waals surface area (Å²) in [6, 6.07) is 0. The fourth-order valence-electron chi connectivity index (χ4n) is 3.88. The summed E-state index contributed by atoms with van der Waals surface area (Å²) in [4.78, 5) is 35.7. The summed E-state index contributed by atoms with van der Waals surface area (Å²) >= 11 is 0. The van der Waals surface area contributed by atoms with Crippen LogP contribution >= 0.6 is 0 Å². The van der Waals surface area contributed by atoms with Crippen molar-refractivity contribution in [3.63, 3.8) is 0 Å². The molecular formula is C15H19N5O3. The van der Waals surface area contributed by atoms with Gasteiger partial charge >= 0.3 is 0 Å². The van der Waals surface area contributed by atoms with Crippen LogP contribution in [-0.2, 0) is 9.53 Å². The number of aromatic nitrogens is 4. The molecule has 1 saturated heterocycles. The highest BCUT2D eigenvalue weighted by Crippen LogP contribution is 2.46. The predicted molar refractivity (Wildman–Crippen MR) is 82.9 cm³/mol. The minimum Gasteiger partial charge on any atom is -0.369 e. The molecule has 2 aliphatic rings. The number of fused-ring (bicyclic) bond motifs is 6. The SMILES string of the molecule is CCCC(C)C1c2nc3c(=O)[nH]c(N)nc3n2[C@H]2CC(=O)[C@@H]1O2. The van der Waals surface area contributed by atoms with E-state index in [0.717, 1.165) is 18.7 Å². The number of nitrogen functional groups attached to an aromatic ring is 1. The number of nitrogens with two attached hydrogens (primary N) is 1. The second-order valence-corrected chi connectivity index (χ2v) is 6.44. The Morgan fingerprint density at radius 1 is 1.43 bits per heavy atom. The number of nitrogens with one attached hydrogen (secondary N) is 1. The van der Waals surface area contributed by atoms with Crippen LogP contribution in [0.25, 0.3) is 11.2 Å². The molecule has 0 aromatic carbocycles. The first-order chi connectivity index (χ1) is 11.0. The maximum atomic E-state index is 12.3. The van der Waals surface area contributed by atoms with Gasteiger partial charge in [-0.05, 0) is 5.92 Å². The lowest BCUT2D eigenvalue weighted by atomic mass is 9.84. The van der Waals surface area contributed by atoms with E-state index in [1.807, 2.05) is 0 Å². The zero-order valence-electron chi connectivity index (χ0n) is 13.1. The monoisotopic (exact) mass is 317 g/mol. The maximum absolute atomic E-state index is 12.3. The lowest BCUT2D eigenvalue weighted by Crippen LogP contribution is -2.35. The zero-order chi connectivity index (χ0) is 16.3. The van der Waals surface area contributed by atoms with Gasteiger partial charge < -0.3 is 10.5 Å². The van der Waals surface area contributed by atoms with Crippen molar-refractivity contribution in [2.24, 2.45) is 5.92 Å². The minimum atomic E-state index is -0.470. The smallest absolute Gasteiger partial charge is 0.280 e. The van der Waals surface area contributed by atoms with Crippen LogP contribution in [0.3, 0.4) is 0 Å². The number of carbonyl (C=O) groups is 1. The molecule has 0 amide bonds. The summed E-state index contributed by atoms with van der Waals surface area (Å²) in [5.41, 5.74) is 5.96. The van der Waals surface area contributed by atoms with Crippen molar-refractivity contribution in [2.75, 3.05) is 5.73 Å². The number of hydrogen-bond acceptors (Lipinski definition) is 6. The van der Waals surface area contributed by atoms with Crippen molar-refractivity contribution in [2.45, 2.75) is 51.4 Å². The molecule has 1 fully saturated rings. The molecule has 0 aliphatic carbocycles. The van der Waals surface area contributed by atoms with Crippen LogP contribution in [0.4, 0.5) is 5.95 Å². The molecule has 2 aromatic heterocycles. The average molecular weight is 317 g/mol. The van der Waals surface area contributed by atoms with Gasteiger partial charge in [0, 0.05) is 0 Å². The van der Waals surface area contributed by atoms with E-state index in [9.17, 15) is 9.59 Å². The second kappa shape index (κ2) is 4.89. The number of ether oxygens (including phenoxy) is 1. The van der Waals surface area contributed by atoms with Crippen LogP contribution in [0, 0.1) is 5.92 Å². The van der Waals surface area contributed by atoms with E-state index < -0.39 is 12.3 Å². The molecule has 8 heteroatoms. The highest BCUT2D eigenvalue weighted by Gasteiger charge is 2.50. The van der Waals surface area contributed by atoms with Gasteiger partial charge in [-0.3, -0.25) is 19.1 Å². The van der Waals surface area contributed by atoms with Crippen molar-refractivity contribution in [3.8, 4) is 0 Å². The van der Waals surface area contributed by atoms with Gasteiger partial charge in [0.15, 0.2) is 16.9 Å². The van der Waals surface area contributed by atoms with Gasteiger partial charge in [-0.1, -0.05) is 26.7 Å². The zero-order valence-corrected chi connectivity index (χ0v) is 13.1. The fourth-order valence-corrected chi connectivity index (χ4v) is 3.88. The van der Waals surface area contributed by atoms with Crippen LogP contribution in [0.2, 0.25) is 0 Å². The molecule has 2 aliphatic heterocycles. The third kappa shape index (κ3) is 1.94. The quantitative estimate of drug-likeness (QED) is 0.875. The summed E-state index contributed by atoms with van der Waals surface area (Å²) in [5.74, 6) is 0.918. The molecule has 122 valence electrons. The Hall–Kier alpha value is -2.22. The molecule has 0 radical (unpaired) electrons. The highest BCUT2D eigenvalue weighted by atomic mass is 16.5. The topological polar surface area (TPSA) is 116 Å². The van der Waals surface area contributed by atoms with E-state index in [2.05, 4.69) is 28.8 Å². The normalized spacial score (nSPS) is 27.4. The van der Waals surface area contributed by atoms with E-state index in [1.165, 1.54) is 0 Å². The number of imidazole rings is 1. The van der Waals surface area contributed by atoms with E-state index in [-0.39, 0.29) is 41.1 Å². The van der Waals surface area contributed by atoms with Crippen LogP contribution in [0.15, 0.2) is 4.79 Å². The molecule has 8 nitrogen and oxygen atoms in total. The number of anilines is 1. The standard InChI is InChI=1S/C15H19N5O3/c1-3-4-6(2)9-11-7(21)5-8(23-11)20-12(9)17-10-13(20)18-15(16)19-14(10)22/h6,8-9,11H,3-5H2,1-2H3,(H3,16,18,19,22)/t6?,8-,9?,11+/m1/s1. The molecule has 0 spiro atoms. The number of aromatic amines is 1. The first kappa shape index (κ1) is 14.4. The van der Waals surface area contributed by atoms with Gasteiger partial charge in [-0.25, -0.2) is 4.98 Å². The molecule has 2 unspecified atom stereocenters. The van der Waals surface area contributed by atoms with Crippen molar-refractivity contribution >= 4 is 22.9 Å². The number of rotatable bonds is 3. The number of Topliss-reactive ketones (excluding diaryl/α,β-unsaturated/α-hetero) is 1. The van der Waals surface area contributed by atoms with Crippen molar-refractivity contribution in [1.82, 2.24) is 19.5 Å². The van der Waals surface area contributed by atoms with Gasteiger partial charge in [0.1, 0.15) is 18.2 Å². The summed E-state index contributed by atoms with van der Waals surface area (Å²) in [5, 5.41) is 0. The lowest BCUT2D eigenvalue weighted by molar-refractivity contribution is -0.126. The third-order valence-electron chi connectivity index (χ3n) is 4.86. The van der Waals surface area contributed by atoms with E-state index in [0.29, 0.717) is 5.65 Å². The Morgan fingerprint density at radius 3 is 2.96 bits per heavy atom. The van der Waals surface area contributed by atoms with Crippen LogP contribution < -0.4 is 11.3 Å². The second-order valence-electron chi connectivity index (χ2n) is 6.44. The molecule has 23 heavy (non-hydrogen) atoms. The Kier molecular flexibility index (Phi) is 3.06. The van der Waals surface area contributed by atoms with Crippen LogP contribution in [0.1, 0.15) is 51.1 Å². The average Bonchev–Trinajstić information content (AvgIpc) is 3.00. The van der Waals surface area contributed by atoms with Crippen molar-refractivity contribution in [1.29, 1.82) is 0 Å². The van der Waals surface area contributed by atoms with Crippen molar-refractivity contribution in [3.05, 3.63) is 16.2 Å². The molecule has 0 saturated carbocycles. The lowest BCUT2D eigenvalue weighted by Gasteiger charge is -2.33. The number of carbonyl (C=O) groups excluding carboxylic acids is 1. The first-order valence-electron chi connectivity index (χ1n) is 7.97. The Morgan fingerprint density at radius 2 is 2.22 bits per heavy atom. The Labute approximate surface area is 132 Å². The molecule has 3 N–H and O–H groups in total. The molecule has 2 bridgehead atoms. The fraction of sp³-hybridized carbons (Fsp3) is 0.600. The molecule has 4 heterocycles. The maximum Gasteiger partial charge on any atom is 0.280 e. The number of hydrogen-bond donors (Lipinski definition) is 2. The number of ketones is 1. The summed E-state index contributed by atoms with van der Waals surface area (Å²) < 4.78 is 7.73. The molecule has 2 aromatic rings. The first-order valence-corrected chi connectivity index (χ1v) is 7.97. The molecule has 4 rings (SSSR count). The molecular weight excluding hydrogens is 298 g/mol. The van der Waals surface area contributed by atoms with E-state index in [4.69, 9.17) is 10.5 Å². The predicted octanol–water partition coefficient (Wildman–Crippen LogP) is 1.09. The summed E-state index contributed by atoms with van der Waals surface area (Å²) in [6.07, 6.45) is 1.34. The van der Waals surface area contributed by atoms with Gasteiger partial charge in [-0.2, -0.15) is 4.98 Å². The van der Waals surface area contributed by atoms with Crippen molar-refractivity contribution < 1.29 is 9.53 Å². The van der Waals surface area contributed by atoms with E-state index >= 15 is 0 Å². The largest absolute Gasteiger partial charge is 0.369 e. The third-order valence-corrected chi connectivity index (χ3v) is 4.86. The van der Waals surface area contributed by atoms with Gasteiger partial charge in [0.2, 0.25) is 5.95 Å². The summed E-state index contributed by atoms with van der Waals surface area (Å²) in [6.45, 7) is 4.20. The van der Waals surface area contributed by atoms with Crippen LogP contribution in [-0.4, -0.2) is 31.4 Å². The number of nitrogens with zero attached hydrogens (tertiary/aromatic N) is 3. The number of H-pyrrole nitrogens is 1. The summed E-state index contributed by atoms with van der Waals surface area (Å²) in [7, 11) is 0. The van der Waals surface area contributed by atoms with E-state index in [1.54, 1.807) is 4.57 Å². The highest BCUT2D eigenvalue weighted by molar-refractivity contribution is 5.87. The minimum absolute atomic E-state index is 0.0369. The Balaban J connectivity index is 1.97.